The van der Waals surface area contributed by atoms with Gasteiger partial charge in [0.1, 0.15) is 10.6 Å². The predicted octanol–water partition coefficient (Wildman–Crippen LogP) is 3.69. The number of benzene rings is 2. The van der Waals surface area contributed by atoms with Crippen molar-refractivity contribution in [2.24, 2.45) is 0 Å². The van der Waals surface area contributed by atoms with E-state index in [0.29, 0.717) is 5.75 Å². The Kier molecular flexibility index (Phi) is 3.86. The second-order valence-corrected chi connectivity index (χ2v) is 6.60. The third-order valence-corrected chi connectivity index (χ3v) is 4.52. The lowest BCUT2D eigenvalue weighted by molar-refractivity contribution is 0.483. The number of rotatable bonds is 3. The number of hydrogen-bond acceptors (Lipinski definition) is 3. The molecule has 0 amide bonds. The molecule has 0 radical (unpaired) electrons. The van der Waals surface area contributed by atoms with Gasteiger partial charge in [0.2, 0.25) is 0 Å². The van der Waals surface area contributed by atoms with E-state index in [-0.39, 0.29) is 4.90 Å². The van der Waals surface area contributed by atoms with Gasteiger partial charge in [-0.1, -0.05) is 23.8 Å². The highest BCUT2D eigenvalue weighted by molar-refractivity contribution is 7.87. The van der Waals surface area contributed by atoms with Crippen LogP contribution in [0, 0.1) is 27.7 Å². The second kappa shape index (κ2) is 5.29. The molecule has 0 aliphatic rings. The molecule has 0 fully saturated rings. The minimum absolute atomic E-state index is 0.168. The van der Waals surface area contributed by atoms with Crippen LogP contribution in [0.3, 0.4) is 0 Å². The van der Waals surface area contributed by atoms with Crippen LogP contribution in [0.1, 0.15) is 22.3 Å². The van der Waals surface area contributed by atoms with Crippen LogP contribution in [0.15, 0.2) is 41.3 Å². The summed E-state index contributed by atoms with van der Waals surface area (Å²) in [5.41, 5.74) is 3.83. The SMILES string of the molecule is Cc1ccc(S(=O)(=O)Oc2cc(C)cc(C)c2C)cc1. The minimum atomic E-state index is -3.79. The molecule has 106 valence electrons. The maximum Gasteiger partial charge on any atom is 0.339 e. The van der Waals surface area contributed by atoms with Crippen LogP contribution in [0.4, 0.5) is 0 Å². The fourth-order valence-corrected chi connectivity index (χ4v) is 2.93. The van der Waals surface area contributed by atoms with Crippen molar-refractivity contribution in [1.29, 1.82) is 0 Å². The molecule has 0 saturated carbocycles. The molecule has 20 heavy (non-hydrogen) atoms. The molecule has 0 N–H and O–H groups in total. The Balaban J connectivity index is 2.41. The molecule has 2 aromatic carbocycles. The van der Waals surface area contributed by atoms with Crippen molar-refractivity contribution < 1.29 is 12.6 Å². The van der Waals surface area contributed by atoms with Gasteiger partial charge in [-0.25, -0.2) is 0 Å². The van der Waals surface area contributed by atoms with Crippen molar-refractivity contribution in [2.75, 3.05) is 0 Å². The van der Waals surface area contributed by atoms with Crippen molar-refractivity contribution in [1.82, 2.24) is 0 Å². The summed E-state index contributed by atoms with van der Waals surface area (Å²) in [5, 5.41) is 0. The third-order valence-electron chi connectivity index (χ3n) is 3.27. The molecule has 4 heteroatoms. The highest BCUT2D eigenvalue weighted by atomic mass is 32.2. The molecule has 0 aliphatic carbocycles. The Morgan fingerprint density at radius 3 is 2.05 bits per heavy atom. The zero-order chi connectivity index (χ0) is 14.9. The van der Waals surface area contributed by atoms with E-state index >= 15 is 0 Å². The Hall–Kier alpha value is -1.81. The predicted molar refractivity (Wildman–Crippen MR) is 79.6 cm³/mol. The first-order valence-corrected chi connectivity index (χ1v) is 7.79. The van der Waals surface area contributed by atoms with E-state index in [2.05, 4.69) is 0 Å². The number of hydrogen-bond donors (Lipinski definition) is 0. The highest BCUT2D eigenvalue weighted by Crippen LogP contribution is 2.26. The normalized spacial score (nSPS) is 11.4. The van der Waals surface area contributed by atoms with Crippen LogP contribution in [-0.2, 0) is 10.1 Å². The third kappa shape index (κ3) is 3.02. The summed E-state index contributed by atoms with van der Waals surface area (Å²) >= 11 is 0. The van der Waals surface area contributed by atoms with Crippen LogP contribution >= 0.6 is 0 Å². The molecule has 0 saturated heterocycles. The molecule has 0 unspecified atom stereocenters. The van der Waals surface area contributed by atoms with Gasteiger partial charge in [0.05, 0.1) is 0 Å². The Bertz CT molecular complexity index is 729. The van der Waals surface area contributed by atoms with E-state index in [1.165, 1.54) is 0 Å². The molecule has 2 rings (SSSR count). The lowest BCUT2D eigenvalue weighted by atomic mass is 10.1. The molecule has 0 spiro atoms. The first-order chi connectivity index (χ1) is 9.29. The smallest absolute Gasteiger partial charge is 0.339 e. The van der Waals surface area contributed by atoms with Crippen LogP contribution in [0.25, 0.3) is 0 Å². The van der Waals surface area contributed by atoms with E-state index in [9.17, 15) is 8.42 Å². The topological polar surface area (TPSA) is 43.4 Å². The Morgan fingerprint density at radius 2 is 1.45 bits per heavy atom. The van der Waals surface area contributed by atoms with E-state index in [1.54, 1.807) is 30.3 Å². The van der Waals surface area contributed by atoms with E-state index < -0.39 is 10.1 Å². The summed E-state index contributed by atoms with van der Waals surface area (Å²) in [4.78, 5) is 0.168. The first-order valence-electron chi connectivity index (χ1n) is 6.38. The molecule has 0 heterocycles. The molecule has 0 atom stereocenters. The fraction of sp³-hybridized carbons (Fsp3) is 0.250. The monoisotopic (exact) mass is 290 g/mol. The lowest BCUT2D eigenvalue weighted by Crippen LogP contribution is -2.11. The lowest BCUT2D eigenvalue weighted by Gasteiger charge is -2.12. The van der Waals surface area contributed by atoms with Crippen molar-refractivity contribution >= 4 is 10.1 Å². The molecule has 3 nitrogen and oxygen atoms in total. The van der Waals surface area contributed by atoms with Gasteiger partial charge < -0.3 is 4.18 Å². The summed E-state index contributed by atoms with van der Waals surface area (Å²) in [5.74, 6) is 0.392. The molecular formula is C16H18O3S. The van der Waals surface area contributed by atoms with Crippen LogP contribution in [-0.4, -0.2) is 8.42 Å². The largest absolute Gasteiger partial charge is 0.379 e. The van der Waals surface area contributed by atoms with Crippen molar-refractivity contribution in [3.05, 3.63) is 58.7 Å². The standard InChI is InChI=1S/C16H18O3S/c1-11-5-7-15(8-6-11)20(17,18)19-16-10-12(2)9-13(3)14(16)4/h5-10H,1-4H3. The zero-order valence-corrected chi connectivity index (χ0v) is 12.9. The average molecular weight is 290 g/mol. The Morgan fingerprint density at radius 1 is 0.850 bits per heavy atom. The minimum Gasteiger partial charge on any atom is -0.379 e. The van der Waals surface area contributed by atoms with Crippen LogP contribution < -0.4 is 4.18 Å². The van der Waals surface area contributed by atoms with E-state index in [0.717, 1.165) is 22.3 Å². The molecule has 0 bridgehead atoms. The molecule has 0 aromatic heterocycles. The maximum atomic E-state index is 12.3. The maximum absolute atomic E-state index is 12.3. The summed E-state index contributed by atoms with van der Waals surface area (Å²) < 4.78 is 29.8. The van der Waals surface area contributed by atoms with Gasteiger partial charge >= 0.3 is 10.1 Å². The quantitative estimate of drug-likeness (QED) is 0.810. The van der Waals surface area contributed by atoms with E-state index in [1.807, 2.05) is 33.8 Å². The van der Waals surface area contributed by atoms with Crippen molar-refractivity contribution in [2.45, 2.75) is 32.6 Å². The molecule has 2 aromatic rings. The summed E-state index contributed by atoms with van der Waals surface area (Å²) in [7, 11) is -3.79. The second-order valence-electron chi connectivity index (χ2n) is 5.06. The zero-order valence-electron chi connectivity index (χ0n) is 12.1. The van der Waals surface area contributed by atoms with Gasteiger partial charge in [-0.3, -0.25) is 0 Å². The number of aryl methyl sites for hydroxylation is 3. The Labute approximate surface area is 120 Å². The van der Waals surface area contributed by atoms with Crippen molar-refractivity contribution in [3.8, 4) is 5.75 Å². The van der Waals surface area contributed by atoms with Crippen LogP contribution in [0.5, 0.6) is 5.75 Å². The fourth-order valence-electron chi connectivity index (χ4n) is 1.96. The first kappa shape index (κ1) is 14.6. The van der Waals surface area contributed by atoms with Gasteiger partial charge in [0.25, 0.3) is 0 Å². The van der Waals surface area contributed by atoms with E-state index in [4.69, 9.17) is 4.18 Å². The van der Waals surface area contributed by atoms with Gasteiger partial charge in [0, 0.05) is 0 Å². The van der Waals surface area contributed by atoms with Gasteiger partial charge in [-0.2, -0.15) is 8.42 Å². The van der Waals surface area contributed by atoms with Crippen LogP contribution in [0.2, 0.25) is 0 Å². The van der Waals surface area contributed by atoms with Crippen molar-refractivity contribution in [3.63, 3.8) is 0 Å². The molecule has 0 aliphatic heterocycles. The molecular weight excluding hydrogens is 272 g/mol. The highest BCUT2D eigenvalue weighted by Gasteiger charge is 2.18. The summed E-state index contributed by atoms with van der Waals surface area (Å²) in [6, 6.07) is 10.4. The van der Waals surface area contributed by atoms with Gasteiger partial charge in [-0.15, -0.1) is 0 Å². The summed E-state index contributed by atoms with van der Waals surface area (Å²) in [6.07, 6.45) is 0. The summed E-state index contributed by atoms with van der Waals surface area (Å²) in [6.45, 7) is 7.62. The van der Waals surface area contributed by atoms with Gasteiger partial charge in [0.15, 0.2) is 0 Å². The average Bonchev–Trinajstić information content (AvgIpc) is 2.35. The van der Waals surface area contributed by atoms with Gasteiger partial charge in [-0.05, 0) is 62.6 Å².